The first kappa shape index (κ1) is 14.3. The molecule has 0 radical (unpaired) electrons. The van der Waals surface area contributed by atoms with Gasteiger partial charge in [-0.1, -0.05) is 16.8 Å². The van der Waals surface area contributed by atoms with Gasteiger partial charge in [-0.25, -0.2) is 9.07 Å². The van der Waals surface area contributed by atoms with E-state index in [-0.39, 0.29) is 5.75 Å². The van der Waals surface area contributed by atoms with Gasteiger partial charge in [0, 0.05) is 11.3 Å². The number of anilines is 1. The Bertz CT molecular complexity index is 834. The van der Waals surface area contributed by atoms with Crippen molar-refractivity contribution in [2.45, 2.75) is 0 Å². The maximum Gasteiger partial charge on any atom is 0.165 e. The summed E-state index contributed by atoms with van der Waals surface area (Å²) >= 11 is 6.14. The van der Waals surface area contributed by atoms with Crippen LogP contribution in [0, 0.1) is 5.82 Å². The summed E-state index contributed by atoms with van der Waals surface area (Å²) in [4.78, 5) is 0. The average molecular weight is 319 g/mol. The van der Waals surface area contributed by atoms with Crippen LogP contribution in [0.4, 0.5) is 10.1 Å². The Hall–Kier alpha value is -2.60. The Morgan fingerprint density at radius 2 is 2.05 bits per heavy atom. The second kappa shape index (κ2) is 5.65. The van der Waals surface area contributed by atoms with Gasteiger partial charge in [-0.3, -0.25) is 0 Å². The number of hydrogen-bond donors (Lipinski definition) is 1. The summed E-state index contributed by atoms with van der Waals surface area (Å²) in [5, 5.41) is 8.51. The molecule has 3 aromatic rings. The van der Waals surface area contributed by atoms with Crippen LogP contribution in [0.5, 0.6) is 5.75 Å². The standard InChI is InChI=1S/C15H12ClFN4O/c1-22-15-5-2-9(6-12(15)17)13-8-21(20-19-13)14-4-3-10(18)7-11(14)16/h2-8H,18H2,1H3. The molecule has 1 heterocycles. The summed E-state index contributed by atoms with van der Waals surface area (Å²) in [5.41, 5.74) is 7.98. The van der Waals surface area contributed by atoms with Crippen molar-refractivity contribution in [2.75, 3.05) is 12.8 Å². The molecule has 7 heteroatoms. The lowest BCUT2D eigenvalue weighted by Gasteiger charge is -2.04. The van der Waals surface area contributed by atoms with Gasteiger partial charge in [0.25, 0.3) is 0 Å². The number of rotatable bonds is 3. The Kier molecular flexibility index (Phi) is 3.68. The van der Waals surface area contributed by atoms with Gasteiger partial charge in [0.1, 0.15) is 5.69 Å². The Balaban J connectivity index is 1.98. The Labute approximate surface area is 131 Å². The smallest absolute Gasteiger partial charge is 0.165 e. The molecular formula is C15H12ClFN4O. The second-order valence-electron chi connectivity index (χ2n) is 4.61. The maximum absolute atomic E-state index is 13.8. The molecule has 0 saturated carbocycles. The van der Waals surface area contributed by atoms with Crippen molar-refractivity contribution in [3.8, 4) is 22.7 Å². The lowest BCUT2D eigenvalue weighted by molar-refractivity contribution is 0.386. The van der Waals surface area contributed by atoms with Gasteiger partial charge in [-0.2, -0.15) is 0 Å². The molecule has 0 aliphatic rings. The number of methoxy groups -OCH3 is 1. The van der Waals surface area contributed by atoms with Crippen LogP contribution in [-0.4, -0.2) is 22.1 Å². The van der Waals surface area contributed by atoms with E-state index in [0.717, 1.165) is 0 Å². The molecule has 3 rings (SSSR count). The largest absolute Gasteiger partial charge is 0.494 e. The van der Waals surface area contributed by atoms with Crippen LogP contribution in [0.2, 0.25) is 5.02 Å². The molecule has 1 aromatic heterocycles. The summed E-state index contributed by atoms with van der Waals surface area (Å²) < 4.78 is 20.2. The number of hydrogen-bond acceptors (Lipinski definition) is 4. The molecule has 0 unspecified atom stereocenters. The fraction of sp³-hybridized carbons (Fsp3) is 0.0667. The summed E-state index contributed by atoms with van der Waals surface area (Å²) in [5.74, 6) is -0.280. The molecule has 0 bridgehead atoms. The van der Waals surface area contributed by atoms with Gasteiger partial charge in [-0.15, -0.1) is 5.10 Å². The summed E-state index contributed by atoms with van der Waals surface area (Å²) in [6, 6.07) is 9.68. The maximum atomic E-state index is 13.8. The van der Waals surface area contributed by atoms with E-state index in [1.807, 2.05) is 0 Å². The number of nitrogens with two attached hydrogens (primary N) is 1. The topological polar surface area (TPSA) is 66.0 Å². The van der Waals surface area contributed by atoms with E-state index in [0.29, 0.717) is 27.7 Å². The van der Waals surface area contributed by atoms with E-state index in [1.165, 1.54) is 17.9 Å². The molecule has 0 amide bonds. The summed E-state index contributed by atoms with van der Waals surface area (Å²) in [6.45, 7) is 0. The molecule has 112 valence electrons. The zero-order valence-corrected chi connectivity index (χ0v) is 12.4. The number of aromatic nitrogens is 3. The van der Waals surface area contributed by atoms with Crippen LogP contribution in [0.15, 0.2) is 42.6 Å². The van der Waals surface area contributed by atoms with Crippen LogP contribution in [0.25, 0.3) is 16.9 Å². The quantitative estimate of drug-likeness (QED) is 0.752. The number of nitrogen functional groups attached to an aromatic ring is 1. The van der Waals surface area contributed by atoms with E-state index in [4.69, 9.17) is 22.1 Å². The fourth-order valence-electron chi connectivity index (χ4n) is 2.05. The van der Waals surface area contributed by atoms with E-state index >= 15 is 0 Å². The minimum Gasteiger partial charge on any atom is -0.494 e. The van der Waals surface area contributed by atoms with Crippen LogP contribution in [-0.2, 0) is 0 Å². The molecule has 0 saturated heterocycles. The highest BCUT2D eigenvalue weighted by atomic mass is 35.5. The third-order valence-corrected chi connectivity index (χ3v) is 3.46. The van der Waals surface area contributed by atoms with E-state index in [1.54, 1.807) is 36.5 Å². The number of nitrogens with zero attached hydrogens (tertiary/aromatic N) is 3. The monoisotopic (exact) mass is 318 g/mol. The molecule has 0 aliphatic carbocycles. The van der Waals surface area contributed by atoms with Crippen molar-refractivity contribution in [1.29, 1.82) is 0 Å². The van der Waals surface area contributed by atoms with Gasteiger partial charge >= 0.3 is 0 Å². The number of benzene rings is 2. The van der Waals surface area contributed by atoms with Crippen LogP contribution >= 0.6 is 11.6 Å². The first-order valence-corrected chi connectivity index (χ1v) is 6.78. The highest BCUT2D eigenvalue weighted by Gasteiger charge is 2.11. The van der Waals surface area contributed by atoms with Crippen molar-refractivity contribution in [1.82, 2.24) is 15.0 Å². The number of ether oxygens (including phenoxy) is 1. The van der Waals surface area contributed by atoms with Crippen molar-refractivity contribution in [3.05, 3.63) is 53.4 Å². The third kappa shape index (κ3) is 2.60. The third-order valence-electron chi connectivity index (χ3n) is 3.16. The minimum absolute atomic E-state index is 0.178. The lowest BCUT2D eigenvalue weighted by atomic mass is 10.1. The predicted molar refractivity (Wildman–Crippen MR) is 82.7 cm³/mol. The normalized spacial score (nSPS) is 10.7. The highest BCUT2D eigenvalue weighted by Crippen LogP contribution is 2.26. The molecule has 0 aliphatic heterocycles. The van der Waals surface area contributed by atoms with Crippen molar-refractivity contribution in [2.24, 2.45) is 0 Å². The second-order valence-corrected chi connectivity index (χ2v) is 5.02. The van der Waals surface area contributed by atoms with Crippen molar-refractivity contribution in [3.63, 3.8) is 0 Å². The summed E-state index contributed by atoms with van der Waals surface area (Å²) in [6.07, 6.45) is 1.67. The molecule has 22 heavy (non-hydrogen) atoms. The molecule has 2 aromatic carbocycles. The average Bonchev–Trinajstić information content (AvgIpc) is 2.96. The highest BCUT2D eigenvalue weighted by molar-refractivity contribution is 6.32. The predicted octanol–water partition coefficient (Wildman–Crippen LogP) is 3.32. The zero-order valence-electron chi connectivity index (χ0n) is 11.6. The summed E-state index contributed by atoms with van der Waals surface area (Å²) in [7, 11) is 1.41. The van der Waals surface area contributed by atoms with Gasteiger partial charge in [0.05, 0.1) is 24.0 Å². The SMILES string of the molecule is COc1ccc(-c2cn(-c3ccc(N)cc3Cl)nn2)cc1F. The van der Waals surface area contributed by atoms with Gasteiger partial charge in [0.2, 0.25) is 0 Å². The molecular weight excluding hydrogens is 307 g/mol. The van der Waals surface area contributed by atoms with Crippen LogP contribution in [0.3, 0.4) is 0 Å². The van der Waals surface area contributed by atoms with Crippen molar-refractivity contribution >= 4 is 17.3 Å². The Morgan fingerprint density at radius 3 is 2.73 bits per heavy atom. The lowest BCUT2D eigenvalue weighted by Crippen LogP contribution is -1.96. The van der Waals surface area contributed by atoms with Gasteiger partial charge in [0.15, 0.2) is 11.6 Å². The number of halogens is 2. The van der Waals surface area contributed by atoms with Crippen molar-refractivity contribution < 1.29 is 9.13 Å². The molecule has 0 fully saturated rings. The molecule has 5 nitrogen and oxygen atoms in total. The van der Waals surface area contributed by atoms with Crippen LogP contribution < -0.4 is 10.5 Å². The zero-order chi connectivity index (χ0) is 15.7. The van der Waals surface area contributed by atoms with Gasteiger partial charge < -0.3 is 10.5 Å². The van der Waals surface area contributed by atoms with Gasteiger partial charge in [-0.05, 0) is 36.4 Å². The van der Waals surface area contributed by atoms with E-state index in [9.17, 15) is 4.39 Å². The molecule has 0 spiro atoms. The molecule has 0 atom stereocenters. The fourth-order valence-corrected chi connectivity index (χ4v) is 2.32. The first-order valence-electron chi connectivity index (χ1n) is 6.40. The van der Waals surface area contributed by atoms with Crippen LogP contribution in [0.1, 0.15) is 0 Å². The van der Waals surface area contributed by atoms with E-state index < -0.39 is 5.82 Å². The Morgan fingerprint density at radius 1 is 1.23 bits per heavy atom. The minimum atomic E-state index is -0.458. The molecule has 2 N–H and O–H groups in total. The first-order chi connectivity index (χ1) is 10.6. The van der Waals surface area contributed by atoms with E-state index in [2.05, 4.69) is 10.3 Å².